The molecule has 438 valence electrons. The van der Waals surface area contributed by atoms with Gasteiger partial charge in [-0.15, -0.1) is 0 Å². The minimum atomic E-state index is 0.678. The third-order valence-electron chi connectivity index (χ3n) is 15.3. The van der Waals surface area contributed by atoms with Gasteiger partial charge in [-0.05, 0) is 127 Å². The van der Waals surface area contributed by atoms with E-state index in [1.807, 2.05) is 0 Å². The van der Waals surface area contributed by atoms with Gasteiger partial charge in [-0.2, -0.15) is 0 Å². The molecule has 0 bridgehead atoms. The molecular formula is C72H114O6. The molecule has 0 saturated carbocycles. The van der Waals surface area contributed by atoms with Crippen LogP contribution in [0.1, 0.15) is 273 Å². The average molecular weight is 1080 g/mol. The zero-order valence-electron chi connectivity index (χ0n) is 51.1. The van der Waals surface area contributed by atoms with Gasteiger partial charge < -0.3 is 28.4 Å². The molecule has 4 aromatic rings. The summed E-state index contributed by atoms with van der Waals surface area (Å²) in [7, 11) is 0. The molecule has 0 aliphatic carbocycles. The van der Waals surface area contributed by atoms with Gasteiger partial charge in [0.1, 0.15) is 0 Å². The molecule has 0 amide bonds. The van der Waals surface area contributed by atoms with E-state index in [1.165, 1.54) is 193 Å². The molecule has 0 fully saturated rings. The van der Waals surface area contributed by atoms with Crippen LogP contribution in [0, 0.1) is 0 Å². The maximum atomic E-state index is 6.69. The summed E-state index contributed by atoms with van der Waals surface area (Å²) >= 11 is 0. The Hall–Kier alpha value is -4.32. The molecule has 0 unspecified atom stereocenters. The topological polar surface area (TPSA) is 55.4 Å². The fraction of sp³-hybridized carbons (Fsp3) is 0.667. The largest absolute Gasteiger partial charge is 0.490 e. The van der Waals surface area contributed by atoms with Crippen LogP contribution < -0.4 is 28.4 Å². The lowest BCUT2D eigenvalue weighted by atomic mass is 9.93. The summed E-state index contributed by atoms with van der Waals surface area (Å²) in [5.74, 6) is 4.99. The highest BCUT2D eigenvalue weighted by Crippen LogP contribution is 2.41. The van der Waals surface area contributed by atoms with Crippen molar-refractivity contribution >= 4 is 0 Å². The monoisotopic (exact) mass is 1070 g/mol. The van der Waals surface area contributed by atoms with Gasteiger partial charge in [0.2, 0.25) is 0 Å². The van der Waals surface area contributed by atoms with E-state index in [4.69, 9.17) is 28.4 Å². The number of unbranched alkanes of at least 4 members (excludes halogenated alkanes) is 30. The second-order valence-corrected chi connectivity index (χ2v) is 22.5. The van der Waals surface area contributed by atoms with Crippen molar-refractivity contribution in [3.05, 3.63) is 72.8 Å². The Morgan fingerprint density at radius 1 is 0.179 bits per heavy atom. The Kier molecular flexibility index (Phi) is 37.7. The first-order valence-corrected chi connectivity index (χ1v) is 32.9. The van der Waals surface area contributed by atoms with E-state index in [9.17, 15) is 0 Å². The lowest BCUT2D eigenvalue weighted by Crippen LogP contribution is -2.03. The van der Waals surface area contributed by atoms with Crippen molar-refractivity contribution in [2.75, 3.05) is 39.6 Å². The van der Waals surface area contributed by atoms with E-state index in [2.05, 4.69) is 114 Å². The fourth-order valence-electron chi connectivity index (χ4n) is 10.3. The van der Waals surface area contributed by atoms with Gasteiger partial charge in [-0.3, -0.25) is 0 Å². The first-order valence-electron chi connectivity index (χ1n) is 32.9. The summed E-state index contributed by atoms with van der Waals surface area (Å²) in [6.07, 6.45) is 44.1. The number of rotatable bonds is 51. The highest BCUT2D eigenvalue weighted by molar-refractivity contribution is 5.83. The minimum Gasteiger partial charge on any atom is -0.490 e. The SMILES string of the molecule is CCCCCCCCOc1ccc(-c2cc(-c3ccc(OCCCCCCCC)c(OCCCCCCCC)c3)cc(-c3ccc(OCCCCCCCC)c(OCCCCCCCC)c3)c2)cc1OCCCCCCCC. The molecule has 0 heterocycles. The minimum absolute atomic E-state index is 0.678. The summed E-state index contributed by atoms with van der Waals surface area (Å²) in [5.41, 5.74) is 6.64. The lowest BCUT2D eigenvalue weighted by Gasteiger charge is -2.18. The van der Waals surface area contributed by atoms with Crippen LogP contribution in [0.3, 0.4) is 0 Å². The van der Waals surface area contributed by atoms with Crippen molar-refractivity contribution < 1.29 is 28.4 Å². The summed E-state index contributed by atoms with van der Waals surface area (Å²) in [5, 5.41) is 0. The predicted molar refractivity (Wildman–Crippen MR) is 336 cm³/mol. The molecule has 0 aromatic heterocycles. The number of hydrogen-bond donors (Lipinski definition) is 0. The molecule has 6 nitrogen and oxygen atoms in total. The molecular weight excluding hydrogens is 961 g/mol. The zero-order chi connectivity index (χ0) is 55.4. The lowest BCUT2D eigenvalue weighted by molar-refractivity contribution is 0.258. The Balaban J connectivity index is 1.77. The summed E-state index contributed by atoms with van der Waals surface area (Å²) in [4.78, 5) is 0. The molecule has 4 rings (SSSR count). The van der Waals surface area contributed by atoms with Crippen LogP contribution in [-0.4, -0.2) is 39.6 Å². The van der Waals surface area contributed by atoms with E-state index in [-0.39, 0.29) is 0 Å². The van der Waals surface area contributed by atoms with Gasteiger partial charge >= 0.3 is 0 Å². The van der Waals surface area contributed by atoms with Crippen molar-refractivity contribution in [1.82, 2.24) is 0 Å². The van der Waals surface area contributed by atoms with E-state index in [0.29, 0.717) is 39.6 Å². The van der Waals surface area contributed by atoms with E-state index in [1.54, 1.807) is 0 Å². The highest BCUT2D eigenvalue weighted by Gasteiger charge is 2.17. The zero-order valence-corrected chi connectivity index (χ0v) is 51.1. The van der Waals surface area contributed by atoms with Crippen LogP contribution in [0.15, 0.2) is 72.8 Å². The third-order valence-corrected chi connectivity index (χ3v) is 15.3. The van der Waals surface area contributed by atoms with Crippen LogP contribution in [0.4, 0.5) is 0 Å². The smallest absolute Gasteiger partial charge is 0.161 e. The summed E-state index contributed by atoms with van der Waals surface area (Å²) in [6, 6.07) is 26.8. The van der Waals surface area contributed by atoms with E-state index >= 15 is 0 Å². The molecule has 78 heavy (non-hydrogen) atoms. The maximum absolute atomic E-state index is 6.69. The van der Waals surface area contributed by atoms with Crippen LogP contribution >= 0.6 is 0 Å². The molecule has 0 radical (unpaired) electrons. The molecule has 0 aliphatic rings. The Morgan fingerprint density at radius 2 is 0.359 bits per heavy atom. The second-order valence-electron chi connectivity index (χ2n) is 22.5. The van der Waals surface area contributed by atoms with Crippen LogP contribution in [-0.2, 0) is 0 Å². The Bertz CT molecular complexity index is 1830. The van der Waals surface area contributed by atoms with Crippen molar-refractivity contribution in [1.29, 1.82) is 0 Å². The first kappa shape index (κ1) is 66.2. The summed E-state index contributed by atoms with van der Waals surface area (Å²) in [6.45, 7) is 17.8. The predicted octanol–water partition coefficient (Wildman–Crippen LogP) is 23.1. The first-order chi connectivity index (χ1) is 38.5. The van der Waals surface area contributed by atoms with Crippen molar-refractivity contribution in [3.8, 4) is 67.9 Å². The third kappa shape index (κ3) is 28.2. The van der Waals surface area contributed by atoms with Gasteiger partial charge in [0, 0.05) is 0 Å². The number of hydrogen-bond acceptors (Lipinski definition) is 6. The van der Waals surface area contributed by atoms with Gasteiger partial charge in [-0.25, -0.2) is 0 Å². The van der Waals surface area contributed by atoms with Crippen molar-refractivity contribution in [3.63, 3.8) is 0 Å². The molecule has 0 spiro atoms. The van der Waals surface area contributed by atoms with Gasteiger partial charge in [0.15, 0.2) is 34.5 Å². The fourth-order valence-corrected chi connectivity index (χ4v) is 10.3. The molecule has 4 aromatic carbocycles. The quantitative estimate of drug-likeness (QED) is 0.0411. The van der Waals surface area contributed by atoms with Gasteiger partial charge in [0.05, 0.1) is 39.6 Å². The van der Waals surface area contributed by atoms with Gasteiger partial charge in [-0.1, -0.05) is 252 Å². The average Bonchev–Trinajstić information content (AvgIpc) is 3.49. The number of ether oxygens (including phenoxy) is 6. The summed E-state index contributed by atoms with van der Waals surface area (Å²) < 4.78 is 39.7. The number of benzene rings is 4. The van der Waals surface area contributed by atoms with Crippen molar-refractivity contribution in [2.45, 2.75) is 273 Å². The molecule has 6 heteroatoms. The normalized spacial score (nSPS) is 11.3. The Morgan fingerprint density at radius 3 is 0.564 bits per heavy atom. The van der Waals surface area contributed by atoms with Crippen LogP contribution in [0.25, 0.3) is 33.4 Å². The molecule has 0 saturated heterocycles. The Labute approximate surface area is 479 Å². The van der Waals surface area contributed by atoms with Crippen LogP contribution in [0.5, 0.6) is 34.5 Å². The van der Waals surface area contributed by atoms with Crippen LogP contribution in [0.2, 0.25) is 0 Å². The van der Waals surface area contributed by atoms with E-state index in [0.717, 1.165) is 106 Å². The van der Waals surface area contributed by atoms with Crippen molar-refractivity contribution in [2.24, 2.45) is 0 Å². The standard InChI is InChI=1S/C72H114O6/c1-7-13-19-25-31-37-49-73-67-46-43-61(58-70(67)76-52-40-34-28-22-16-10-4)64-55-65(62-44-47-68(74-50-38-32-26-20-14-8-2)71(59-62)77-53-41-35-29-23-17-11-5)57-66(56-64)63-45-48-69(75-51-39-33-27-21-15-9-3)72(60-63)78-54-42-36-30-24-18-12-6/h43-48,55-60H,7-42,49-54H2,1-6H3. The molecule has 0 atom stereocenters. The van der Waals surface area contributed by atoms with E-state index < -0.39 is 0 Å². The molecule has 0 N–H and O–H groups in total. The second kappa shape index (κ2) is 44.4. The maximum Gasteiger partial charge on any atom is 0.161 e. The molecule has 0 aliphatic heterocycles. The highest BCUT2D eigenvalue weighted by atomic mass is 16.5. The van der Waals surface area contributed by atoms with Gasteiger partial charge in [0.25, 0.3) is 0 Å².